The van der Waals surface area contributed by atoms with Gasteiger partial charge in [-0.25, -0.2) is 15.0 Å². The Morgan fingerprint density at radius 3 is 2.61 bits per heavy atom. The smallest absolute Gasteiger partial charge is 0.254 e. The van der Waals surface area contributed by atoms with Gasteiger partial charge in [-0.2, -0.15) is 0 Å². The van der Waals surface area contributed by atoms with E-state index in [0.717, 1.165) is 58.6 Å². The van der Waals surface area contributed by atoms with Crippen molar-refractivity contribution in [1.29, 1.82) is 0 Å². The first-order valence-electron chi connectivity index (χ1n) is 9.93. The van der Waals surface area contributed by atoms with Gasteiger partial charge in [-0.1, -0.05) is 19.1 Å². The first-order chi connectivity index (χ1) is 13.4. The zero-order chi connectivity index (χ0) is 19.8. The molecule has 3 heterocycles. The Kier molecular flexibility index (Phi) is 4.84. The molecule has 3 aromatic rings. The second kappa shape index (κ2) is 7.30. The van der Waals surface area contributed by atoms with Crippen molar-refractivity contribution in [2.75, 3.05) is 13.1 Å². The molecular weight excluding hydrogens is 348 g/mol. The summed E-state index contributed by atoms with van der Waals surface area (Å²) in [5.41, 5.74) is 5.45. The Balaban J connectivity index is 1.89. The molecular formula is C23H26N4O. The van der Waals surface area contributed by atoms with Gasteiger partial charge < -0.3 is 4.90 Å². The molecule has 28 heavy (non-hydrogen) atoms. The predicted octanol–water partition coefficient (Wildman–Crippen LogP) is 4.49. The average molecular weight is 374 g/mol. The summed E-state index contributed by atoms with van der Waals surface area (Å²) >= 11 is 0. The van der Waals surface area contributed by atoms with E-state index in [9.17, 15) is 4.79 Å². The van der Waals surface area contributed by atoms with Crippen LogP contribution in [0.25, 0.3) is 22.2 Å². The summed E-state index contributed by atoms with van der Waals surface area (Å²) in [5, 5.41) is 0.920. The van der Waals surface area contributed by atoms with Crippen LogP contribution in [0, 0.1) is 26.7 Å². The van der Waals surface area contributed by atoms with Gasteiger partial charge in [0.15, 0.2) is 0 Å². The number of aromatic nitrogens is 3. The number of piperidine rings is 1. The van der Waals surface area contributed by atoms with Gasteiger partial charge in [0.25, 0.3) is 5.91 Å². The molecule has 1 aliphatic heterocycles. The number of aryl methyl sites for hydroxylation is 3. The second-order valence-corrected chi connectivity index (χ2v) is 7.98. The maximum absolute atomic E-state index is 13.5. The first kappa shape index (κ1) is 18.5. The van der Waals surface area contributed by atoms with Crippen LogP contribution in [0.15, 0.2) is 30.6 Å². The van der Waals surface area contributed by atoms with Gasteiger partial charge in [0, 0.05) is 36.4 Å². The quantitative estimate of drug-likeness (QED) is 0.663. The predicted molar refractivity (Wildman–Crippen MR) is 111 cm³/mol. The van der Waals surface area contributed by atoms with Crippen LogP contribution in [0.3, 0.4) is 0 Å². The Morgan fingerprint density at radius 2 is 1.89 bits per heavy atom. The van der Waals surface area contributed by atoms with Gasteiger partial charge in [0.05, 0.1) is 16.8 Å². The van der Waals surface area contributed by atoms with Crippen LogP contribution in [-0.2, 0) is 0 Å². The van der Waals surface area contributed by atoms with Gasteiger partial charge >= 0.3 is 0 Å². The number of rotatable bonds is 2. The number of amides is 1. The number of hydrogen-bond acceptors (Lipinski definition) is 4. The fourth-order valence-electron chi connectivity index (χ4n) is 3.92. The van der Waals surface area contributed by atoms with Crippen molar-refractivity contribution in [2.45, 2.75) is 40.5 Å². The van der Waals surface area contributed by atoms with Crippen LogP contribution in [0.5, 0.6) is 0 Å². The minimum absolute atomic E-state index is 0.0940. The van der Waals surface area contributed by atoms with Crippen LogP contribution in [0.2, 0.25) is 0 Å². The van der Waals surface area contributed by atoms with E-state index in [-0.39, 0.29) is 5.91 Å². The second-order valence-electron chi connectivity index (χ2n) is 7.98. The largest absolute Gasteiger partial charge is 0.338 e. The van der Waals surface area contributed by atoms with Gasteiger partial charge in [-0.3, -0.25) is 4.79 Å². The molecule has 0 aliphatic carbocycles. The third-order valence-corrected chi connectivity index (χ3v) is 5.76. The van der Waals surface area contributed by atoms with Crippen molar-refractivity contribution < 1.29 is 4.79 Å². The standard InChI is InChI=1S/C23H26N4O/c1-14-6-5-9-27(13-14)23(28)20-10-21(18-11-24-17(4)25-12-18)26-22-16(3)15(2)7-8-19(20)22/h7-8,10-12,14H,5-6,9,13H2,1-4H3. The van der Waals surface area contributed by atoms with Crippen LogP contribution in [-0.4, -0.2) is 38.8 Å². The number of likely N-dealkylation sites (tertiary alicyclic amines) is 1. The van der Waals surface area contributed by atoms with Crippen molar-refractivity contribution in [1.82, 2.24) is 19.9 Å². The number of hydrogen-bond donors (Lipinski definition) is 0. The molecule has 1 aromatic carbocycles. The van der Waals surface area contributed by atoms with E-state index in [2.05, 4.69) is 36.8 Å². The summed E-state index contributed by atoms with van der Waals surface area (Å²) in [5.74, 6) is 1.35. The Hall–Kier alpha value is -2.82. The van der Waals surface area contributed by atoms with Crippen molar-refractivity contribution >= 4 is 16.8 Å². The van der Waals surface area contributed by atoms with Crippen molar-refractivity contribution in [3.05, 3.63) is 53.1 Å². The van der Waals surface area contributed by atoms with Crippen LogP contribution in [0.4, 0.5) is 0 Å². The Labute approximate surface area is 165 Å². The average Bonchev–Trinajstić information content (AvgIpc) is 2.70. The first-order valence-corrected chi connectivity index (χ1v) is 9.93. The molecule has 0 spiro atoms. The molecule has 5 heteroatoms. The normalized spacial score (nSPS) is 17.1. The molecule has 2 aromatic heterocycles. The summed E-state index contributed by atoms with van der Waals surface area (Å²) in [6.07, 6.45) is 5.80. The number of fused-ring (bicyclic) bond motifs is 1. The molecule has 5 nitrogen and oxygen atoms in total. The lowest BCUT2D eigenvalue weighted by atomic mass is 9.96. The van der Waals surface area contributed by atoms with E-state index < -0.39 is 0 Å². The van der Waals surface area contributed by atoms with Crippen molar-refractivity contribution in [2.24, 2.45) is 5.92 Å². The minimum Gasteiger partial charge on any atom is -0.338 e. The summed E-state index contributed by atoms with van der Waals surface area (Å²) < 4.78 is 0. The van der Waals surface area contributed by atoms with E-state index in [4.69, 9.17) is 4.98 Å². The Morgan fingerprint density at radius 1 is 1.14 bits per heavy atom. The molecule has 1 unspecified atom stereocenters. The fraction of sp³-hybridized carbons (Fsp3) is 0.391. The topological polar surface area (TPSA) is 59.0 Å². The lowest BCUT2D eigenvalue weighted by Gasteiger charge is -2.31. The highest BCUT2D eigenvalue weighted by Gasteiger charge is 2.25. The molecule has 0 saturated carbocycles. The zero-order valence-electron chi connectivity index (χ0n) is 17.0. The summed E-state index contributed by atoms with van der Waals surface area (Å²) in [4.78, 5) is 28.9. The van der Waals surface area contributed by atoms with Crippen LogP contribution >= 0.6 is 0 Å². The molecule has 0 N–H and O–H groups in total. The highest BCUT2D eigenvalue weighted by Crippen LogP contribution is 2.29. The molecule has 1 aliphatic rings. The Bertz CT molecular complexity index is 1040. The lowest BCUT2D eigenvalue weighted by molar-refractivity contribution is 0.0685. The molecule has 0 radical (unpaired) electrons. The molecule has 1 atom stereocenters. The third kappa shape index (κ3) is 3.37. The molecule has 1 fully saturated rings. The summed E-state index contributed by atoms with van der Waals surface area (Å²) in [7, 11) is 0. The van der Waals surface area contributed by atoms with Gasteiger partial charge in [0.1, 0.15) is 5.82 Å². The lowest BCUT2D eigenvalue weighted by Crippen LogP contribution is -2.39. The van der Waals surface area contributed by atoms with Gasteiger partial charge in [0.2, 0.25) is 0 Å². The van der Waals surface area contributed by atoms with E-state index >= 15 is 0 Å². The van der Waals surface area contributed by atoms with Crippen molar-refractivity contribution in [3.8, 4) is 11.3 Å². The highest BCUT2D eigenvalue weighted by atomic mass is 16.2. The van der Waals surface area contributed by atoms with E-state index in [0.29, 0.717) is 5.92 Å². The van der Waals surface area contributed by atoms with E-state index in [1.807, 2.05) is 24.0 Å². The summed E-state index contributed by atoms with van der Waals surface area (Å²) in [6, 6.07) is 6.01. The number of carbonyl (C=O) groups excluding carboxylic acids is 1. The molecule has 1 amide bonds. The minimum atomic E-state index is 0.0940. The van der Waals surface area contributed by atoms with E-state index in [1.54, 1.807) is 12.4 Å². The third-order valence-electron chi connectivity index (χ3n) is 5.76. The molecule has 1 saturated heterocycles. The van der Waals surface area contributed by atoms with Gasteiger partial charge in [-0.05, 0) is 56.7 Å². The van der Waals surface area contributed by atoms with Crippen molar-refractivity contribution in [3.63, 3.8) is 0 Å². The fourth-order valence-corrected chi connectivity index (χ4v) is 3.92. The maximum atomic E-state index is 13.5. The zero-order valence-corrected chi connectivity index (χ0v) is 17.0. The highest BCUT2D eigenvalue weighted by molar-refractivity contribution is 6.08. The molecule has 0 bridgehead atoms. The number of pyridine rings is 1. The van der Waals surface area contributed by atoms with Crippen LogP contribution < -0.4 is 0 Å². The summed E-state index contributed by atoms with van der Waals surface area (Å²) in [6.45, 7) is 9.85. The van der Waals surface area contributed by atoms with Crippen LogP contribution in [0.1, 0.15) is 47.1 Å². The van der Waals surface area contributed by atoms with Gasteiger partial charge in [-0.15, -0.1) is 0 Å². The maximum Gasteiger partial charge on any atom is 0.254 e. The monoisotopic (exact) mass is 374 g/mol. The molecule has 4 rings (SSSR count). The number of benzene rings is 1. The number of nitrogens with zero attached hydrogens (tertiary/aromatic N) is 4. The SMILES string of the molecule is Cc1ncc(-c2cc(C(=O)N3CCCC(C)C3)c3ccc(C)c(C)c3n2)cn1. The van der Waals surface area contributed by atoms with E-state index in [1.165, 1.54) is 12.0 Å². The molecule has 144 valence electrons. The number of carbonyl (C=O) groups is 1.